The van der Waals surface area contributed by atoms with Crippen LogP contribution >= 0.6 is 22.9 Å². The minimum Gasteiger partial charge on any atom is -0.275 e. The second-order valence-corrected chi connectivity index (χ2v) is 5.25. The fourth-order valence-electron chi connectivity index (χ4n) is 1.29. The number of nitrogens with one attached hydrogen (secondary N) is 1. The summed E-state index contributed by atoms with van der Waals surface area (Å²) in [5, 5.41) is 4.02. The molecule has 94 valence electrons. The minimum atomic E-state index is -0.684. The lowest BCUT2D eigenvalue weighted by Crippen LogP contribution is -1.99. The van der Waals surface area contributed by atoms with E-state index in [9.17, 15) is 8.78 Å². The average Bonchev–Trinajstić information content (AvgIpc) is 2.74. The van der Waals surface area contributed by atoms with Crippen LogP contribution < -0.4 is 5.43 Å². The standard InChI is InChI=1S/C12H9ClF2N2S/c1-7(11-4-5-12(13)18-11)16-17-10-3-2-8(14)6-9(10)15/h2-6,17H,1H3. The molecule has 6 heteroatoms. The van der Waals surface area contributed by atoms with Crippen molar-refractivity contribution >= 4 is 34.3 Å². The Morgan fingerprint density at radius 2 is 2.06 bits per heavy atom. The molecule has 0 aliphatic carbocycles. The molecule has 0 saturated heterocycles. The summed E-state index contributed by atoms with van der Waals surface area (Å²) < 4.78 is 26.7. The van der Waals surface area contributed by atoms with Crippen molar-refractivity contribution in [3.05, 3.63) is 51.2 Å². The first kappa shape index (κ1) is 13.0. The predicted octanol–water partition coefficient (Wildman–Crippen LogP) is 4.52. The Morgan fingerprint density at radius 3 is 2.67 bits per heavy atom. The van der Waals surface area contributed by atoms with E-state index in [0.29, 0.717) is 10.0 Å². The molecule has 2 nitrogen and oxygen atoms in total. The summed E-state index contributed by atoms with van der Waals surface area (Å²) in [5.41, 5.74) is 3.36. The van der Waals surface area contributed by atoms with Gasteiger partial charge in [0.25, 0.3) is 0 Å². The van der Waals surface area contributed by atoms with Crippen molar-refractivity contribution in [1.82, 2.24) is 0 Å². The normalized spacial score (nSPS) is 11.7. The number of thiophene rings is 1. The molecule has 0 aliphatic rings. The number of halogens is 3. The van der Waals surface area contributed by atoms with Crippen molar-refractivity contribution in [2.75, 3.05) is 5.43 Å². The van der Waals surface area contributed by atoms with Gasteiger partial charge in [0.05, 0.1) is 20.6 Å². The van der Waals surface area contributed by atoms with Gasteiger partial charge in [-0.15, -0.1) is 11.3 Å². The van der Waals surface area contributed by atoms with Crippen LogP contribution in [0.3, 0.4) is 0 Å². The molecule has 2 aromatic rings. The number of nitrogens with zero attached hydrogens (tertiary/aromatic N) is 1. The smallest absolute Gasteiger partial charge is 0.151 e. The molecule has 2 rings (SSSR count). The number of benzene rings is 1. The monoisotopic (exact) mass is 286 g/mol. The zero-order valence-corrected chi connectivity index (χ0v) is 10.9. The average molecular weight is 287 g/mol. The van der Waals surface area contributed by atoms with Gasteiger partial charge >= 0.3 is 0 Å². The molecule has 18 heavy (non-hydrogen) atoms. The number of hydrogen-bond acceptors (Lipinski definition) is 3. The summed E-state index contributed by atoms with van der Waals surface area (Å²) in [4.78, 5) is 0.884. The summed E-state index contributed by atoms with van der Waals surface area (Å²) in [6, 6.07) is 6.85. The summed E-state index contributed by atoms with van der Waals surface area (Å²) in [5.74, 6) is -1.31. The van der Waals surface area contributed by atoms with Crippen molar-refractivity contribution in [3.63, 3.8) is 0 Å². The number of rotatable bonds is 3. The summed E-state index contributed by atoms with van der Waals surface area (Å²) in [6.45, 7) is 1.77. The van der Waals surface area contributed by atoms with Crippen LogP contribution in [0, 0.1) is 11.6 Å². The van der Waals surface area contributed by atoms with Crippen LogP contribution in [-0.2, 0) is 0 Å². The first-order valence-electron chi connectivity index (χ1n) is 5.07. The Morgan fingerprint density at radius 1 is 1.28 bits per heavy atom. The fraction of sp³-hybridized carbons (Fsp3) is 0.0833. The molecule has 1 aromatic heterocycles. The van der Waals surface area contributed by atoms with Gasteiger partial charge in [-0.25, -0.2) is 8.78 Å². The highest BCUT2D eigenvalue weighted by Gasteiger charge is 2.04. The fourth-order valence-corrected chi connectivity index (χ4v) is 2.28. The van der Waals surface area contributed by atoms with Crippen molar-refractivity contribution < 1.29 is 8.78 Å². The van der Waals surface area contributed by atoms with E-state index >= 15 is 0 Å². The Hall–Kier alpha value is -1.46. The van der Waals surface area contributed by atoms with Crippen LogP contribution in [-0.4, -0.2) is 5.71 Å². The van der Waals surface area contributed by atoms with E-state index in [4.69, 9.17) is 11.6 Å². The van der Waals surface area contributed by atoms with Crippen molar-refractivity contribution in [2.45, 2.75) is 6.92 Å². The predicted molar refractivity (Wildman–Crippen MR) is 71.5 cm³/mol. The third kappa shape index (κ3) is 3.05. The maximum atomic E-state index is 13.3. The zero-order valence-electron chi connectivity index (χ0n) is 9.38. The van der Waals surface area contributed by atoms with Crippen molar-refractivity contribution in [1.29, 1.82) is 0 Å². The Balaban J connectivity index is 2.15. The van der Waals surface area contributed by atoms with Crippen LogP contribution in [0.2, 0.25) is 4.34 Å². The van der Waals surface area contributed by atoms with Crippen molar-refractivity contribution in [3.8, 4) is 0 Å². The van der Waals surface area contributed by atoms with E-state index in [1.165, 1.54) is 17.4 Å². The minimum absolute atomic E-state index is 0.124. The largest absolute Gasteiger partial charge is 0.275 e. The SMILES string of the molecule is CC(=NNc1ccc(F)cc1F)c1ccc(Cl)s1. The Kier molecular flexibility index (Phi) is 3.93. The zero-order chi connectivity index (χ0) is 13.1. The molecule has 0 fully saturated rings. The van der Waals surface area contributed by atoms with E-state index in [1.807, 2.05) is 6.07 Å². The second-order valence-electron chi connectivity index (χ2n) is 3.54. The number of anilines is 1. The molecule has 1 heterocycles. The Bertz CT molecular complexity index is 596. The topological polar surface area (TPSA) is 24.4 Å². The van der Waals surface area contributed by atoms with Gasteiger partial charge in [-0.05, 0) is 31.2 Å². The molecule has 0 saturated carbocycles. The van der Waals surface area contributed by atoms with Crippen molar-refractivity contribution in [2.24, 2.45) is 5.10 Å². The lowest BCUT2D eigenvalue weighted by Gasteiger charge is -2.03. The van der Waals surface area contributed by atoms with E-state index in [0.717, 1.165) is 17.0 Å². The van der Waals surface area contributed by atoms with Crippen LogP contribution in [0.1, 0.15) is 11.8 Å². The quantitative estimate of drug-likeness (QED) is 0.651. The van der Waals surface area contributed by atoms with E-state index < -0.39 is 11.6 Å². The van der Waals surface area contributed by atoms with Gasteiger partial charge in [-0.3, -0.25) is 5.43 Å². The molecule has 0 aliphatic heterocycles. The lowest BCUT2D eigenvalue weighted by atomic mass is 10.3. The first-order valence-corrected chi connectivity index (χ1v) is 6.27. The molecule has 0 bridgehead atoms. The van der Waals surface area contributed by atoms with Gasteiger partial charge in [0, 0.05) is 6.07 Å². The Labute approximate surface area is 112 Å². The highest BCUT2D eigenvalue weighted by atomic mass is 35.5. The first-order chi connectivity index (χ1) is 8.56. The van der Waals surface area contributed by atoms with Gasteiger partial charge < -0.3 is 0 Å². The molecule has 1 N–H and O–H groups in total. The van der Waals surface area contributed by atoms with E-state index in [1.54, 1.807) is 13.0 Å². The maximum Gasteiger partial charge on any atom is 0.151 e. The third-order valence-corrected chi connectivity index (χ3v) is 3.54. The highest BCUT2D eigenvalue weighted by molar-refractivity contribution is 7.18. The van der Waals surface area contributed by atoms with Crippen LogP contribution in [0.15, 0.2) is 35.4 Å². The van der Waals surface area contributed by atoms with Gasteiger partial charge in [-0.1, -0.05) is 11.6 Å². The third-order valence-electron chi connectivity index (χ3n) is 2.20. The van der Waals surface area contributed by atoms with E-state index in [2.05, 4.69) is 10.5 Å². The lowest BCUT2D eigenvalue weighted by molar-refractivity contribution is 0.585. The molecule has 0 unspecified atom stereocenters. The van der Waals surface area contributed by atoms with Crippen LogP contribution in [0.25, 0.3) is 0 Å². The maximum absolute atomic E-state index is 13.3. The van der Waals surface area contributed by atoms with Crippen LogP contribution in [0.4, 0.5) is 14.5 Å². The molecule has 0 atom stereocenters. The summed E-state index contributed by atoms with van der Waals surface area (Å²) >= 11 is 7.18. The van der Waals surface area contributed by atoms with Crippen LogP contribution in [0.5, 0.6) is 0 Å². The summed E-state index contributed by atoms with van der Waals surface area (Å²) in [7, 11) is 0. The van der Waals surface area contributed by atoms with Gasteiger partial charge in [0.1, 0.15) is 5.82 Å². The molecule has 0 amide bonds. The number of hydrogen-bond donors (Lipinski definition) is 1. The molecule has 0 spiro atoms. The van der Waals surface area contributed by atoms with E-state index in [-0.39, 0.29) is 5.69 Å². The second kappa shape index (κ2) is 5.46. The molecule has 0 radical (unpaired) electrons. The van der Waals surface area contributed by atoms with Gasteiger partial charge in [0.2, 0.25) is 0 Å². The summed E-state index contributed by atoms with van der Waals surface area (Å²) in [6.07, 6.45) is 0. The molecule has 1 aromatic carbocycles. The highest BCUT2D eigenvalue weighted by Crippen LogP contribution is 2.22. The van der Waals surface area contributed by atoms with Gasteiger partial charge in [-0.2, -0.15) is 5.10 Å². The molecular formula is C12H9ClF2N2S. The van der Waals surface area contributed by atoms with Gasteiger partial charge in [0.15, 0.2) is 5.82 Å². The molecular weight excluding hydrogens is 278 g/mol. The number of hydrazone groups is 1.